The highest BCUT2D eigenvalue weighted by Crippen LogP contribution is 2.24. The van der Waals surface area contributed by atoms with Gasteiger partial charge in [0.15, 0.2) is 0 Å². The maximum Gasteiger partial charge on any atom is 0.307 e. The van der Waals surface area contributed by atoms with Crippen LogP contribution < -0.4 is 10.1 Å². The van der Waals surface area contributed by atoms with E-state index < -0.39 is 5.97 Å². The van der Waals surface area contributed by atoms with Crippen molar-refractivity contribution in [3.63, 3.8) is 0 Å². The molecular formula is C17H16ClNO4. The van der Waals surface area contributed by atoms with E-state index in [-0.39, 0.29) is 12.3 Å². The minimum Gasteiger partial charge on any atom is -0.493 e. The number of hydrogen-bond donors (Lipinski definition) is 2. The number of carboxylic acid groups (broad SMARTS) is 1. The molecule has 0 aliphatic heterocycles. The van der Waals surface area contributed by atoms with Crippen LogP contribution in [0.25, 0.3) is 0 Å². The number of aliphatic carboxylic acids is 1. The fourth-order valence-corrected chi connectivity index (χ4v) is 2.21. The van der Waals surface area contributed by atoms with Crippen molar-refractivity contribution in [1.82, 2.24) is 0 Å². The Bertz CT molecular complexity index is 713. The highest BCUT2D eigenvalue weighted by atomic mass is 35.5. The molecule has 0 fully saturated rings. The first-order valence-electron chi connectivity index (χ1n) is 7.04. The summed E-state index contributed by atoms with van der Waals surface area (Å²) in [6.45, 7) is 2.27. The maximum absolute atomic E-state index is 12.4. The predicted molar refractivity (Wildman–Crippen MR) is 88.4 cm³/mol. The summed E-state index contributed by atoms with van der Waals surface area (Å²) in [6.07, 6.45) is -0.0585. The van der Waals surface area contributed by atoms with Gasteiger partial charge in [-0.3, -0.25) is 9.59 Å². The number of ether oxygens (including phenoxy) is 1. The van der Waals surface area contributed by atoms with Gasteiger partial charge in [0.2, 0.25) is 0 Å². The average Bonchev–Trinajstić information content (AvgIpc) is 2.50. The Morgan fingerprint density at radius 1 is 1.17 bits per heavy atom. The van der Waals surface area contributed by atoms with E-state index >= 15 is 0 Å². The quantitative estimate of drug-likeness (QED) is 0.846. The van der Waals surface area contributed by atoms with E-state index in [1.165, 1.54) is 0 Å². The van der Waals surface area contributed by atoms with Crippen molar-refractivity contribution in [3.05, 3.63) is 58.6 Å². The molecule has 0 atom stereocenters. The van der Waals surface area contributed by atoms with E-state index in [1.807, 2.05) is 6.92 Å². The molecule has 2 aromatic rings. The predicted octanol–water partition coefficient (Wildman–Crippen LogP) is 3.62. The second-order valence-corrected chi connectivity index (χ2v) is 5.23. The Morgan fingerprint density at radius 3 is 2.48 bits per heavy atom. The molecule has 120 valence electrons. The molecule has 2 rings (SSSR count). The Labute approximate surface area is 138 Å². The molecule has 0 radical (unpaired) electrons. The zero-order valence-electron chi connectivity index (χ0n) is 12.5. The number of amides is 1. The van der Waals surface area contributed by atoms with Gasteiger partial charge in [-0.1, -0.05) is 23.7 Å². The number of halogens is 1. The topological polar surface area (TPSA) is 75.6 Å². The van der Waals surface area contributed by atoms with Gasteiger partial charge in [-0.2, -0.15) is 0 Å². The van der Waals surface area contributed by atoms with Gasteiger partial charge in [0.25, 0.3) is 5.91 Å². The lowest BCUT2D eigenvalue weighted by Gasteiger charge is -2.11. The van der Waals surface area contributed by atoms with Crippen LogP contribution in [0.2, 0.25) is 5.02 Å². The van der Waals surface area contributed by atoms with E-state index in [9.17, 15) is 9.59 Å². The SMILES string of the molecule is CCOc1ccc(Cl)cc1C(=O)Nc1ccc(CC(=O)O)cc1. The van der Waals surface area contributed by atoms with Crippen molar-refractivity contribution < 1.29 is 19.4 Å². The first kappa shape index (κ1) is 16.8. The summed E-state index contributed by atoms with van der Waals surface area (Å²) >= 11 is 5.94. The third kappa shape index (κ3) is 4.72. The van der Waals surface area contributed by atoms with Crippen molar-refractivity contribution in [2.24, 2.45) is 0 Å². The standard InChI is InChI=1S/C17H16ClNO4/c1-2-23-15-8-5-12(18)10-14(15)17(22)19-13-6-3-11(4-7-13)9-16(20)21/h3-8,10H,2,9H2,1H3,(H,19,22)(H,20,21). The number of carboxylic acids is 1. The van der Waals surface area contributed by atoms with Crippen LogP contribution in [-0.2, 0) is 11.2 Å². The zero-order valence-corrected chi connectivity index (χ0v) is 13.3. The summed E-state index contributed by atoms with van der Waals surface area (Å²) in [4.78, 5) is 23.0. The monoisotopic (exact) mass is 333 g/mol. The molecule has 0 aliphatic rings. The van der Waals surface area contributed by atoms with Gasteiger partial charge >= 0.3 is 5.97 Å². The van der Waals surface area contributed by atoms with Crippen LogP contribution in [0.1, 0.15) is 22.8 Å². The minimum atomic E-state index is -0.901. The van der Waals surface area contributed by atoms with Crippen molar-refractivity contribution >= 4 is 29.2 Å². The summed E-state index contributed by atoms with van der Waals surface area (Å²) in [7, 11) is 0. The first-order valence-corrected chi connectivity index (χ1v) is 7.42. The number of benzene rings is 2. The molecule has 2 N–H and O–H groups in total. The third-order valence-electron chi connectivity index (χ3n) is 3.05. The van der Waals surface area contributed by atoms with E-state index in [1.54, 1.807) is 42.5 Å². The summed E-state index contributed by atoms with van der Waals surface area (Å²) in [5, 5.41) is 11.9. The summed E-state index contributed by atoms with van der Waals surface area (Å²) in [5.41, 5.74) is 1.56. The fraction of sp³-hybridized carbons (Fsp3) is 0.176. The lowest BCUT2D eigenvalue weighted by atomic mass is 10.1. The Hall–Kier alpha value is -2.53. The number of hydrogen-bond acceptors (Lipinski definition) is 3. The normalized spacial score (nSPS) is 10.2. The summed E-state index contributed by atoms with van der Waals surface area (Å²) in [5.74, 6) is -0.791. The molecule has 5 nitrogen and oxygen atoms in total. The van der Waals surface area contributed by atoms with E-state index in [0.29, 0.717) is 34.2 Å². The third-order valence-corrected chi connectivity index (χ3v) is 3.29. The Balaban J connectivity index is 2.15. The molecule has 0 bridgehead atoms. The summed E-state index contributed by atoms with van der Waals surface area (Å²) in [6, 6.07) is 11.5. The number of carbonyl (C=O) groups is 2. The molecule has 1 amide bonds. The van der Waals surface area contributed by atoms with Crippen LogP contribution in [0.5, 0.6) is 5.75 Å². The van der Waals surface area contributed by atoms with Gasteiger partial charge in [-0.05, 0) is 42.8 Å². The number of carbonyl (C=O) groups excluding carboxylic acids is 1. The lowest BCUT2D eigenvalue weighted by Crippen LogP contribution is -2.14. The molecule has 6 heteroatoms. The fourth-order valence-electron chi connectivity index (χ4n) is 2.04. The summed E-state index contributed by atoms with van der Waals surface area (Å²) < 4.78 is 5.43. The van der Waals surface area contributed by atoms with Gasteiger partial charge in [-0.15, -0.1) is 0 Å². The number of nitrogens with one attached hydrogen (secondary N) is 1. The van der Waals surface area contributed by atoms with Crippen molar-refractivity contribution in [1.29, 1.82) is 0 Å². The highest BCUT2D eigenvalue weighted by molar-refractivity contribution is 6.31. The molecule has 23 heavy (non-hydrogen) atoms. The Morgan fingerprint density at radius 2 is 1.87 bits per heavy atom. The number of rotatable bonds is 6. The molecule has 0 spiro atoms. The Kier molecular flexibility index (Phi) is 5.60. The molecule has 0 heterocycles. The van der Waals surface area contributed by atoms with Crippen LogP contribution in [0.15, 0.2) is 42.5 Å². The first-order chi connectivity index (χ1) is 11.0. The van der Waals surface area contributed by atoms with Crippen molar-refractivity contribution in [2.45, 2.75) is 13.3 Å². The van der Waals surface area contributed by atoms with Crippen molar-refractivity contribution in [2.75, 3.05) is 11.9 Å². The van der Waals surface area contributed by atoms with E-state index in [4.69, 9.17) is 21.4 Å². The van der Waals surface area contributed by atoms with Gasteiger partial charge in [0.05, 0.1) is 18.6 Å². The van der Waals surface area contributed by atoms with Crippen LogP contribution in [-0.4, -0.2) is 23.6 Å². The molecule has 0 aliphatic carbocycles. The van der Waals surface area contributed by atoms with Crippen LogP contribution in [0.4, 0.5) is 5.69 Å². The smallest absolute Gasteiger partial charge is 0.307 e. The maximum atomic E-state index is 12.4. The van der Waals surface area contributed by atoms with Gasteiger partial charge in [0.1, 0.15) is 5.75 Å². The number of anilines is 1. The van der Waals surface area contributed by atoms with Crippen molar-refractivity contribution in [3.8, 4) is 5.75 Å². The van der Waals surface area contributed by atoms with Crippen LogP contribution in [0, 0.1) is 0 Å². The minimum absolute atomic E-state index is 0.0585. The molecular weight excluding hydrogens is 318 g/mol. The zero-order chi connectivity index (χ0) is 16.8. The highest BCUT2D eigenvalue weighted by Gasteiger charge is 2.13. The molecule has 0 saturated heterocycles. The second-order valence-electron chi connectivity index (χ2n) is 4.80. The lowest BCUT2D eigenvalue weighted by molar-refractivity contribution is -0.136. The largest absolute Gasteiger partial charge is 0.493 e. The van der Waals surface area contributed by atoms with E-state index in [2.05, 4.69) is 5.32 Å². The average molecular weight is 334 g/mol. The molecule has 2 aromatic carbocycles. The van der Waals surface area contributed by atoms with Crippen LogP contribution >= 0.6 is 11.6 Å². The van der Waals surface area contributed by atoms with Gasteiger partial charge in [-0.25, -0.2) is 0 Å². The molecule has 0 saturated carbocycles. The van der Waals surface area contributed by atoms with Gasteiger partial charge < -0.3 is 15.2 Å². The second kappa shape index (κ2) is 7.65. The molecule has 0 unspecified atom stereocenters. The van der Waals surface area contributed by atoms with Crippen LogP contribution in [0.3, 0.4) is 0 Å². The molecule has 0 aromatic heterocycles. The van der Waals surface area contributed by atoms with Gasteiger partial charge in [0, 0.05) is 10.7 Å². The van der Waals surface area contributed by atoms with E-state index in [0.717, 1.165) is 0 Å².